The van der Waals surface area contributed by atoms with Crippen molar-refractivity contribution in [3.63, 3.8) is 0 Å². The van der Waals surface area contributed by atoms with Crippen molar-refractivity contribution in [3.8, 4) is 0 Å². The predicted molar refractivity (Wildman–Crippen MR) is 146 cm³/mol. The Bertz CT molecular complexity index is 852. The molecular weight excluding hydrogens is 507 g/mol. The summed E-state index contributed by atoms with van der Waals surface area (Å²) in [6.45, 7) is 5.50. The number of alkyl halides is 3. The topological polar surface area (TPSA) is 78.9 Å². The van der Waals surface area contributed by atoms with Crippen LogP contribution in [-0.4, -0.2) is 97.9 Å². The van der Waals surface area contributed by atoms with Gasteiger partial charge in [-0.3, -0.25) is 26.3 Å². The molecule has 0 amide bonds. The molecule has 0 radical (unpaired) electrons. The Hall–Kier alpha value is -1.14. The van der Waals surface area contributed by atoms with E-state index in [0.29, 0.717) is 29.6 Å². The minimum absolute atomic E-state index is 0.00124. The lowest BCUT2D eigenvalue weighted by Gasteiger charge is -2.48. The van der Waals surface area contributed by atoms with Gasteiger partial charge in [-0.2, -0.15) is 13.2 Å². The summed E-state index contributed by atoms with van der Waals surface area (Å²) in [5.41, 5.74) is 0. The summed E-state index contributed by atoms with van der Waals surface area (Å²) in [5.74, 6) is 3.01. The smallest absolute Gasteiger partial charge is 0.364 e. The first-order chi connectivity index (χ1) is 18.5. The highest BCUT2D eigenvalue weighted by atomic mass is 19.4. The van der Waals surface area contributed by atoms with Crippen molar-refractivity contribution in [2.75, 3.05) is 34.3 Å². The summed E-state index contributed by atoms with van der Waals surface area (Å²) in [6.07, 6.45) is 4.40. The second-order valence-electron chi connectivity index (χ2n) is 13.3. The number of nitrogens with one attached hydrogen (secondary N) is 4. The molecule has 0 aromatic heterocycles. The highest BCUT2D eigenvalue weighted by molar-refractivity contribution is 5.80. The number of ether oxygens (including phenoxy) is 1. The first-order valence-electron chi connectivity index (χ1n) is 15.2. The third-order valence-electron chi connectivity index (χ3n) is 10.6. The maximum absolute atomic E-state index is 13.3. The third-order valence-corrected chi connectivity index (χ3v) is 10.6. The van der Waals surface area contributed by atoms with Gasteiger partial charge in [0.1, 0.15) is 24.5 Å². The van der Waals surface area contributed by atoms with Crippen LogP contribution in [0.25, 0.3) is 0 Å². The monoisotopic (exact) mass is 557 g/mol. The number of likely N-dealkylation sites (N-methyl/N-ethyl adjacent to an activating group) is 2. The Morgan fingerprint density at radius 2 is 1.67 bits per heavy atom. The fraction of sp³-hybridized carbons (Fsp3) is 0.964. The summed E-state index contributed by atoms with van der Waals surface area (Å²) in [5, 5.41) is 19.6. The Labute approximate surface area is 232 Å². The molecule has 8 nitrogen and oxygen atoms in total. The quantitative estimate of drug-likeness (QED) is 0.399. The van der Waals surface area contributed by atoms with Crippen LogP contribution in [0, 0.1) is 35.0 Å². The van der Waals surface area contributed by atoms with Crippen molar-refractivity contribution in [2.24, 2.45) is 29.6 Å². The molecule has 11 heteroatoms. The molecule has 3 saturated heterocycles. The van der Waals surface area contributed by atoms with Crippen LogP contribution >= 0.6 is 0 Å². The van der Waals surface area contributed by atoms with Crippen molar-refractivity contribution >= 4 is 5.96 Å². The Morgan fingerprint density at radius 3 is 2.28 bits per heavy atom. The molecule has 5 rings (SSSR count). The van der Waals surface area contributed by atoms with E-state index in [0.717, 1.165) is 32.2 Å². The van der Waals surface area contributed by atoms with E-state index < -0.39 is 12.2 Å². The van der Waals surface area contributed by atoms with Crippen LogP contribution in [0.4, 0.5) is 13.2 Å². The number of methoxy groups -OCH3 is 1. The summed E-state index contributed by atoms with van der Waals surface area (Å²) in [7, 11) is 5.55. The molecule has 3 aliphatic heterocycles. The molecule has 8 atom stereocenters. The van der Waals surface area contributed by atoms with Crippen molar-refractivity contribution in [3.05, 3.63) is 0 Å². The molecule has 5 aliphatic rings. The zero-order valence-electron chi connectivity index (χ0n) is 24.3. The molecule has 0 spiro atoms. The minimum atomic E-state index is -4.20. The van der Waals surface area contributed by atoms with Gasteiger partial charge in [0, 0.05) is 27.2 Å². The highest BCUT2D eigenvalue weighted by Crippen LogP contribution is 2.40. The summed E-state index contributed by atoms with van der Waals surface area (Å²) in [4.78, 5) is 6.12. The number of hydrogen-bond donors (Lipinski definition) is 4. The zero-order chi connectivity index (χ0) is 28.1. The molecule has 8 unspecified atom stereocenters. The number of guanidine groups is 1. The van der Waals surface area contributed by atoms with E-state index in [1.807, 2.05) is 16.8 Å². The van der Waals surface area contributed by atoms with Crippen LogP contribution in [0.5, 0.6) is 0 Å². The van der Waals surface area contributed by atoms with Crippen molar-refractivity contribution in [1.82, 2.24) is 30.7 Å². The lowest BCUT2D eigenvalue weighted by Crippen LogP contribution is -2.72. The van der Waals surface area contributed by atoms with E-state index >= 15 is 0 Å². The first kappa shape index (κ1) is 29.4. The normalized spacial score (nSPS) is 42.4. The Balaban J connectivity index is 1.23. The predicted octanol–water partition coefficient (Wildman–Crippen LogP) is 3.42. The van der Waals surface area contributed by atoms with E-state index in [2.05, 4.69) is 34.7 Å². The maximum atomic E-state index is 13.3. The van der Waals surface area contributed by atoms with Gasteiger partial charge in [-0.25, -0.2) is 0 Å². The minimum Gasteiger partial charge on any atom is -0.364 e. The van der Waals surface area contributed by atoms with E-state index in [1.165, 1.54) is 25.7 Å². The maximum Gasteiger partial charge on any atom is 0.405 e. The summed E-state index contributed by atoms with van der Waals surface area (Å²) >= 11 is 0. The summed E-state index contributed by atoms with van der Waals surface area (Å²) < 4.78 is 45.9. The number of halogens is 3. The number of fused-ring (bicyclic) bond motifs is 1. The largest absolute Gasteiger partial charge is 0.405 e. The van der Waals surface area contributed by atoms with Crippen molar-refractivity contribution < 1.29 is 17.9 Å². The van der Waals surface area contributed by atoms with E-state index in [9.17, 15) is 13.2 Å². The average molecular weight is 558 g/mol. The van der Waals surface area contributed by atoms with Crippen LogP contribution in [0.3, 0.4) is 0 Å². The lowest BCUT2D eigenvalue weighted by atomic mass is 9.71. The van der Waals surface area contributed by atoms with Crippen LogP contribution in [0.1, 0.15) is 65.2 Å². The molecule has 5 fully saturated rings. The zero-order valence-corrected chi connectivity index (χ0v) is 24.3. The van der Waals surface area contributed by atoms with Gasteiger partial charge in [0.15, 0.2) is 5.96 Å². The molecule has 0 aromatic rings. The van der Waals surface area contributed by atoms with Crippen LogP contribution in [-0.2, 0) is 4.74 Å². The van der Waals surface area contributed by atoms with E-state index in [-0.39, 0.29) is 43.2 Å². The number of hydrogen-bond acceptors (Lipinski definition) is 6. The molecule has 2 saturated carbocycles. The van der Waals surface area contributed by atoms with Gasteiger partial charge in [-0.05, 0) is 75.2 Å². The molecule has 0 aromatic carbocycles. The van der Waals surface area contributed by atoms with Crippen LogP contribution in [0.15, 0.2) is 0 Å². The average Bonchev–Trinajstić information content (AvgIpc) is 3.42. The molecule has 3 heterocycles. The Kier molecular flexibility index (Phi) is 8.75. The van der Waals surface area contributed by atoms with Gasteiger partial charge in [0.05, 0.1) is 12.3 Å². The van der Waals surface area contributed by atoms with Crippen LogP contribution in [0.2, 0.25) is 0 Å². The van der Waals surface area contributed by atoms with E-state index in [1.54, 1.807) is 14.2 Å². The van der Waals surface area contributed by atoms with Gasteiger partial charge in [-0.15, -0.1) is 0 Å². The third kappa shape index (κ3) is 5.80. The second-order valence-corrected chi connectivity index (χ2v) is 13.3. The van der Waals surface area contributed by atoms with E-state index in [4.69, 9.17) is 10.1 Å². The SMILES string of the molecule is COC1NC(C2CCCCC2C(C)C)NC2C1N(C)C(=N)N2CC1CCC(C2NC(C(F)(F)F)CN2C)CC1. The van der Waals surface area contributed by atoms with Gasteiger partial charge in [0.25, 0.3) is 0 Å². The van der Waals surface area contributed by atoms with Gasteiger partial charge in [0.2, 0.25) is 0 Å². The van der Waals surface area contributed by atoms with Gasteiger partial charge in [-0.1, -0.05) is 26.7 Å². The molecule has 2 aliphatic carbocycles. The van der Waals surface area contributed by atoms with Crippen LogP contribution < -0.4 is 16.0 Å². The number of nitrogens with zero attached hydrogens (tertiary/aromatic N) is 3. The fourth-order valence-electron chi connectivity index (χ4n) is 8.47. The fourth-order valence-corrected chi connectivity index (χ4v) is 8.47. The standard InChI is InChI=1S/C28H50F3N7O/c1-16(2)19-8-6-7-9-20(19)23-34-25-22(26(35-23)39-5)37(4)27(32)38(25)14-17-10-12-18(13-11-17)24-33-21(15-36(24)3)28(29,30)31/h16-26,32-35H,6-15H2,1-5H3. The molecule has 224 valence electrons. The highest BCUT2D eigenvalue weighted by Gasteiger charge is 2.53. The van der Waals surface area contributed by atoms with Gasteiger partial charge >= 0.3 is 6.18 Å². The van der Waals surface area contributed by atoms with Crippen molar-refractivity contribution in [2.45, 2.75) is 108 Å². The van der Waals surface area contributed by atoms with Crippen molar-refractivity contribution in [1.29, 1.82) is 5.41 Å². The Morgan fingerprint density at radius 1 is 0.974 bits per heavy atom. The number of rotatable bonds is 6. The lowest BCUT2D eigenvalue weighted by molar-refractivity contribution is -0.150. The molecule has 4 N–H and O–H groups in total. The molecular formula is C28H50F3N7O. The van der Waals surface area contributed by atoms with Gasteiger partial charge < -0.3 is 14.5 Å². The second kappa shape index (κ2) is 11.6. The summed E-state index contributed by atoms with van der Waals surface area (Å²) in [6, 6.07) is -1.43. The molecule has 0 bridgehead atoms. The molecule has 39 heavy (non-hydrogen) atoms. The first-order valence-corrected chi connectivity index (χ1v) is 15.2.